The third kappa shape index (κ3) is 6.41. The number of fused-ring (bicyclic) bond motifs is 1. The minimum Gasteiger partial charge on any atom is -0.302 e. The molecule has 3 aromatic carbocycles. The van der Waals surface area contributed by atoms with Crippen molar-refractivity contribution in [1.29, 1.82) is 0 Å². The number of aromatic nitrogens is 3. The zero-order valence-electron chi connectivity index (χ0n) is 20.2. The summed E-state index contributed by atoms with van der Waals surface area (Å²) in [6.07, 6.45) is 1.58. The van der Waals surface area contributed by atoms with Gasteiger partial charge in [0.25, 0.3) is 0 Å². The Hall–Kier alpha value is -3.57. The Kier molecular flexibility index (Phi) is 8.67. The van der Waals surface area contributed by atoms with E-state index in [4.69, 9.17) is 0 Å². The van der Waals surface area contributed by atoms with Crippen LogP contribution in [-0.2, 0) is 20.1 Å². The minimum atomic E-state index is -0.232. The molecule has 0 bridgehead atoms. The zero-order valence-corrected chi connectivity index (χ0v) is 23.4. The van der Waals surface area contributed by atoms with Crippen molar-refractivity contribution in [1.82, 2.24) is 15.0 Å². The molecule has 3 nitrogen and oxygen atoms in total. The summed E-state index contributed by atoms with van der Waals surface area (Å²) in [5, 5.41) is 0. The molecular weight excluding hydrogens is 658 g/mol. The van der Waals surface area contributed by atoms with Crippen LogP contribution >= 0.6 is 11.3 Å². The Morgan fingerprint density at radius 1 is 0.811 bits per heavy atom. The van der Waals surface area contributed by atoms with E-state index in [-0.39, 0.29) is 25.9 Å². The summed E-state index contributed by atoms with van der Waals surface area (Å²) in [5.41, 5.74) is 7.95. The molecule has 0 aliphatic carbocycles. The van der Waals surface area contributed by atoms with Crippen LogP contribution in [0.1, 0.15) is 11.3 Å². The predicted octanol–water partition coefficient (Wildman–Crippen LogP) is 8.13. The first-order valence-corrected chi connectivity index (χ1v) is 12.3. The van der Waals surface area contributed by atoms with Gasteiger partial charge in [0.1, 0.15) is 12.1 Å². The van der Waals surface area contributed by atoms with Gasteiger partial charge in [-0.2, -0.15) is 0 Å². The number of thiophene rings is 1. The van der Waals surface area contributed by atoms with Gasteiger partial charge in [-0.15, -0.1) is 82.6 Å². The van der Waals surface area contributed by atoms with Gasteiger partial charge in [-0.3, -0.25) is 4.98 Å². The summed E-state index contributed by atoms with van der Waals surface area (Å²) in [4.78, 5) is 14.3. The fraction of sp³-hybridized carbons (Fsp3) is 0.0645. The number of hydrogen-bond donors (Lipinski definition) is 0. The molecule has 3 aromatic heterocycles. The summed E-state index contributed by atoms with van der Waals surface area (Å²) >= 11 is 1.61. The smallest absolute Gasteiger partial charge is 0.123 e. The minimum absolute atomic E-state index is 0. The van der Waals surface area contributed by atoms with Crippen molar-refractivity contribution in [2.45, 2.75) is 13.8 Å². The van der Waals surface area contributed by atoms with Gasteiger partial charge in [0.05, 0.1) is 5.52 Å². The first-order chi connectivity index (χ1) is 17.6. The number of aryl methyl sites for hydroxylation is 2. The first-order valence-electron chi connectivity index (χ1n) is 11.5. The zero-order chi connectivity index (χ0) is 24.9. The van der Waals surface area contributed by atoms with Crippen molar-refractivity contribution in [2.75, 3.05) is 0 Å². The van der Waals surface area contributed by atoms with E-state index < -0.39 is 0 Å². The third-order valence-electron chi connectivity index (χ3n) is 5.54. The number of benzene rings is 3. The number of hydrogen-bond acceptors (Lipinski definition) is 4. The largest absolute Gasteiger partial charge is 0.302 e. The van der Waals surface area contributed by atoms with Gasteiger partial charge in [-0.05, 0) is 42.4 Å². The summed E-state index contributed by atoms with van der Waals surface area (Å²) in [6.45, 7) is 4.03. The van der Waals surface area contributed by atoms with E-state index in [1.807, 2.05) is 80.6 Å². The number of rotatable bonds is 3. The molecule has 0 atom stereocenters. The van der Waals surface area contributed by atoms with Crippen LogP contribution in [0, 0.1) is 31.8 Å². The Bertz CT molecular complexity index is 1600. The molecule has 6 heteroatoms. The Labute approximate surface area is 233 Å². The van der Waals surface area contributed by atoms with E-state index in [0.29, 0.717) is 0 Å². The second-order valence-corrected chi connectivity index (χ2v) is 9.33. The van der Waals surface area contributed by atoms with Crippen molar-refractivity contribution < 1.29 is 24.5 Å². The van der Waals surface area contributed by atoms with Crippen molar-refractivity contribution >= 4 is 21.6 Å². The standard InChI is InChI=1S/C19H12FN2S.C12H10N.Ir/c1-12-2-4-14(5-3-12)18-19-16(21-11-22-18)10-17(23-19)13-6-8-15(20)9-7-13;1-10-6-5-9-12(13-10)11-7-3-2-4-8-11;/h2-4,6-11H,1H3;2-7,9H,1H3;/q2*-1;. The van der Waals surface area contributed by atoms with Crippen LogP contribution in [0.5, 0.6) is 0 Å². The van der Waals surface area contributed by atoms with Crippen LogP contribution in [0.4, 0.5) is 4.39 Å². The number of pyridine rings is 1. The fourth-order valence-corrected chi connectivity index (χ4v) is 4.82. The van der Waals surface area contributed by atoms with Crippen LogP contribution < -0.4 is 0 Å². The van der Waals surface area contributed by atoms with Gasteiger partial charge in [0.15, 0.2) is 0 Å². The van der Waals surface area contributed by atoms with Crippen LogP contribution in [0.15, 0.2) is 97.3 Å². The van der Waals surface area contributed by atoms with Crippen molar-refractivity contribution in [2.24, 2.45) is 0 Å². The topological polar surface area (TPSA) is 38.7 Å². The fourth-order valence-electron chi connectivity index (χ4n) is 3.70. The Morgan fingerprint density at radius 2 is 1.65 bits per heavy atom. The van der Waals surface area contributed by atoms with Crippen LogP contribution in [0.3, 0.4) is 0 Å². The van der Waals surface area contributed by atoms with Crippen LogP contribution in [0.25, 0.3) is 43.2 Å². The quantitative estimate of drug-likeness (QED) is 0.178. The van der Waals surface area contributed by atoms with Gasteiger partial charge in [-0.1, -0.05) is 31.2 Å². The average molecular weight is 680 g/mol. The van der Waals surface area contributed by atoms with Gasteiger partial charge in [0.2, 0.25) is 0 Å². The molecular formula is C31H22FIrN3S-2. The summed E-state index contributed by atoms with van der Waals surface area (Å²) < 4.78 is 14.1. The number of nitrogens with zero attached hydrogens (tertiary/aromatic N) is 3. The van der Waals surface area contributed by atoms with E-state index in [0.717, 1.165) is 54.4 Å². The Balaban J connectivity index is 0.000000195. The Morgan fingerprint density at radius 3 is 2.35 bits per heavy atom. The maximum Gasteiger partial charge on any atom is 0.123 e. The predicted molar refractivity (Wildman–Crippen MR) is 145 cm³/mol. The molecule has 6 aromatic rings. The molecule has 3 heterocycles. The normalized spacial score (nSPS) is 10.4. The second-order valence-electron chi connectivity index (χ2n) is 8.27. The van der Waals surface area contributed by atoms with E-state index >= 15 is 0 Å². The molecule has 6 rings (SSSR count). The molecule has 0 fully saturated rings. The number of halogens is 1. The van der Waals surface area contributed by atoms with E-state index in [2.05, 4.69) is 27.1 Å². The van der Waals surface area contributed by atoms with Gasteiger partial charge >= 0.3 is 0 Å². The van der Waals surface area contributed by atoms with E-state index in [9.17, 15) is 4.39 Å². The van der Waals surface area contributed by atoms with Gasteiger partial charge in [-0.25, -0.2) is 9.37 Å². The molecule has 0 unspecified atom stereocenters. The second kappa shape index (κ2) is 12.1. The molecule has 0 spiro atoms. The summed E-state index contributed by atoms with van der Waals surface area (Å²) in [5.74, 6) is -0.232. The van der Waals surface area contributed by atoms with Crippen LogP contribution in [-0.4, -0.2) is 15.0 Å². The average Bonchev–Trinajstić information content (AvgIpc) is 3.35. The van der Waals surface area contributed by atoms with Crippen molar-refractivity contribution in [3.63, 3.8) is 0 Å². The molecule has 0 amide bonds. The molecule has 185 valence electrons. The molecule has 0 N–H and O–H groups in total. The summed E-state index contributed by atoms with van der Waals surface area (Å²) in [7, 11) is 0. The molecule has 0 aliphatic rings. The SMILES string of the molecule is Cc1c[c-]c(-c2ncnc3cc(-c4ccc(F)cc4)sc23)cc1.Cc1cccc(-c2[c-]cccc2)n1.[Ir]. The molecule has 1 radical (unpaired) electrons. The maximum atomic E-state index is 13.1. The molecule has 0 saturated heterocycles. The van der Waals surface area contributed by atoms with Gasteiger partial charge in [0, 0.05) is 41.1 Å². The van der Waals surface area contributed by atoms with E-state index in [1.54, 1.807) is 29.8 Å². The first kappa shape index (κ1) is 26.5. The molecule has 37 heavy (non-hydrogen) atoms. The summed E-state index contributed by atoms with van der Waals surface area (Å²) in [6, 6.07) is 34.9. The van der Waals surface area contributed by atoms with Crippen molar-refractivity contribution in [3.05, 3.63) is 127 Å². The van der Waals surface area contributed by atoms with Crippen molar-refractivity contribution in [3.8, 4) is 33.0 Å². The van der Waals surface area contributed by atoms with Crippen LogP contribution in [0.2, 0.25) is 0 Å². The van der Waals surface area contributed by atoms with E-state index in [1.165, 1.54) is 12.1 Å². The molecule has 0 aliphatic heterocycles. The monoisotopic (exact) mass is 680 g/mol. The van der Waals surface area contributed by atoms with Gasteiger partial charge < -0.3 is 4.98 Å². The maximum absolute atomic E-state index is 13.1. The molecule has 0 saturated carbocycles. The third-order valence-corrected chi connectivity index (χ3v) is 6.72.